The minimum atomic E-state index is -1.82. The van der Waals surface area contributed by atoms with Crippen LogP contribution < -0.4 is 15.4 Å². The molecule has 156 valence electrons. The predicted octanol–water partition coefficient (Wildman–Crippen LogP) is 2.76. The normalized spacial score (nSPS) is 10.9. The van der Waals surface area contributed by atoms with E-state index in [0.29, 0.717) is 12.2 Å². The van der Waals surface area contributed by atoms with E-state index in [1.54, 1.807) is 14.0 Å². The number of anilines is 1. The Morgan fingerprint density at radius 1 is 1.14 bits per heavy atom. The van der Waals surface area contributed by atoms with Crippen LogP contribution in [0.1, 0.15) is 12.5 Å². The maximum atomic E-state index is 13.0. The highest BCUT2D eigenvalue weighted by molar-refractivity contribution is 6.33. The molecule has 0 aliphatic heterocycles. The van der Waals surface area contributed by atoms with Gasteiger partial charge in [-0.1, -0.05) is 29.8 Å². The van der Waals surface area contributed by atoms with Gasteiger partial charge >= 0.3 is 11.9 Å². The van der Waals surface area contributed by atoms with Crippen molar-refractivity contribution in [1.82, 2.24) is 5.32 Å². The van der Waals surface area contributed by atoms with E-state index in [4.69, 9.17) is 36.1 Å². The third-order valence-electron chi connectivity index (χ3n) is 3.56. The number of carbonyl (C=O) groups is 3. The lowest BCUT2D eigenvalue weighted by molar-refractivity contribution is -0.159. The monoisotopic (exact) mass is 426 g/mol. The largest absolute Gasteiger partial charge is 0.496 e. The number of para-hydroxylation sites is 1. The van der Waals surface area contributed by atoms with Crippen molar-refractivity contribution in [3.8, 4) is 5.75 Å². The molecule has 10 heteroatoms. The number of amides is 1. The Bertz CT molecular complexity index is 866. The van der Waals surface area contributed by atoms with E-state index >= 15 is 0 Å². The summed E-state index contributed by atoms with van der Waals surface area (Å²) in [7, 11) is 1.60. The Morgan fingerprint density at radius 3 is 2.31 bits per heavy atom. The van der Waals surface area contributed by atoms with Crippen LogP contribution in [0.2, 0.25) is 5.02 Å². The molecule has 2 rings (SSSR count). The van der Waals surface area contributed by atoms with E-state index in [0.717, 1.165) is 17.4 Å². The molecule has 0 radical (unpaired) electrons. The number of methoxy groups -OCH3 is 1. The van der Waals surface area contributed by atoms with E-state index in [-0.39, 0.29) is 10.9 Å². The van der Waals surface area contributed by atoms with Crippen LogP contribution in [-0.2, 0) is 20.9 Å². The quantitative estimate of drug-likeness (QED) is 0.523. The van der Waals surface area contributed by atoms with E-state index in [9.17, 15) is 9.18 Å². The maximum absolute atomic E-state index is 13.0. The van der Waals surface area contributed by atoms with Crippen molar-refractivity contribution in [3.05, 3.63) is 58.9 Å². The fourth-order valence-electron chi connectivity index (χ4n) is 2.04. The number of hydrogen-bond acceptors (Lipinski definition) is 5. The van der Waals surface area contributed by atoms with Crippen molar-refractivity contribution in [2.75, 3.05) is 12.4 Å². The van der Waals surface area contributed by atoms with Crippen molar-refractivity contribution < 1.29 is 33.7 Å². The topological polar surface area (TPSA) is 125 Å². The highest BCUT2D eigenvalue weighted by Crippen LogP contribution is 2.22. The van der Waals surface area contributed by atoms with Crippen LogP contribution in [0.15, 0.2) is 42.5 Å². The molecule has 4 N–H and O–H groups in total. The van der Waals surface area contributed by atoms with Gasteiger partial charge in [-0.05, 0) is 31.2 Å². The van der Waals surface area contributed by atoms with Crippen molar-refractivity contribution >= 4 is 35.1 Å². The molecule has 0 aliphatic rings. The zero-order valence-corrected chi connectivity index (χ0v) is 16.4. The summed E-state index contributed by atoms with van der Waals surface area (Å²) < 4.78 is 18.3. The molecule has 0 fully saturated rings. The van der Waals surface area contributed by atoms with Crippen LogP contribution in [0.5, 0.6) is 5.75 Å². The Labute approximate surface area is 171 Å². The molecule has 2 aromatic carbocycles. The molecular weight excluding hydrogens is 407 g/mol. The molecule has 0 saturated heterocycles. The van der Waals surface area contributed by atoms with Gasteiger partial charge in [-0.3, -0.25) is 4.79 Å². The number of benzene rings is 2. The molecule has 1 amide bonds. The standard InChI is InChI=1S/C17H18ClFN2O2.C2H2O4/c1-11(20-10-12-5-3-4-6-16(12)23-2)17(22)21-15-8-7-13(19)9-14(15)18;3-1(4)2(5)6/h3-9,11,20H,10H2,1-2H3,(H,21,22);(H,3,4)(H,5,6). The Hall–Kier alpha value is -3.17. The summed E-state index contributed by atoms with van der Waals surface area (Å²) in [6.07, 6.45) is 0. The van der Waals surface area contributed by atoms with Gasteiger partial charge in [0.1, 0.15) is 11.6 Å². The molecule has 1 atom stereocenters. The molecule has 1 unspecified atom stereocenters. The highest BCUT2D eigenvalue weighted by Gasteiger charge is 2.15. The Balaban J connectivity index is 0.000000612. The number of carboxylic acids is 2. The lowest BCUT2D eigenvalue weighted by Crippen LogP contribution is -2.37. The summed E-state index contributed by atoms with van der Waals surface area (Å²) in [5, 5.41) is 20.7. The van der Waals surface area contributed by atoms with Gasteiger partial charge in [0.25, 0.3) is 0 Å². The molecule has 2 aromatic rings. The highest BCUT2D eigenvalue weighted by atomic mass is 35.5. The number of ether oxygens (including phenoxy) is 1. The fraction of sp³-hybridized carbons (Fsp3) is 0.211. The number of halogens is 2. The van der Waals surface area contributed by atoms with Gasteiger partial charge in [-0.15, -0.1) is 0 Å². The van der Waals surface area contributed by atoms with Crippen LogP contribution in [0.25, 0.3) is 0 Å². The fourth-order valence-corrected chi connectivity index (χ4v) is 2.25. The van der Waals surface area contributed by atoms with Gasteiger partial charge in [0.05, 0.1) is 23.9 Å². The van der Waals surface area contributed by atoms with Crippen LogP contribution in [0, 0.1) is 5.82 Å². The van der Waals surface area contributed by atoms with Crippen molar-refractivity contribution in [3.63, 3.8) is 0 Å². The maximum Gasteiger partial charge on any atom is 0.414 e. The van der Waals surface area contributed by atoms with Crippen molar-refractivity contribution in [2.24, 2.45) is 0 Å². The van der Waals surface area contributed by atoms with Crippen molar-refractivity contribution in [2.45, 2.75) is 19.5 Å². The minimum absolute atomic E-state index is 0.162. The molecule has 0 heterocycles. The molecule has 8 nitrogen and oxygen atoms in total. The first-order valence-corrected chi connectivity index (χ1v) is 8.61. The average molecular weight is 427 g/mol. The van der Waals surface area contributed by atoms with E-state index in [1.165, 1.54) is 12.1 Å². The minimum Gasteiger partial charge on any atom is -0.496 e. The second kappa shape index (κ2) is 11.6. The molecule has 0 spiro atoms. The summed E-state index contributed by atoms with van der Waals surface area (Å²) in [6.45, 7) is 2.22. The lowest BCUT2D eigenvalue weighted by Gasteiger charge is -2.16. The summed E-state index contributed by atoms with van der Waals surface area (Å²) in [6, 6.07) is 11.0. The van der Waals surface area contributed by atoms with E-state index in [2.05, 4.69) is 10.6 Å². The summed E-state index contributed by atoms with van der Waals surface area (Å²) in [5.74, 6) is -3.59. The number of aliphatic carboxylic acids is 2. The molecular formula is C19H20ClFN2O6. The average Bonchev–Trinajstić information content (AvgIpc) is 2.68. The Morgan fingerprint density at radius 2 is 1.76 bits per heavy atom. The third-order valence-corrected chi connectivity index (χ3v) is 3.87. The first kappa shape index (κ1) is 23.9. The van der Waals surface area contributed by atoms with Crippen LogP contribution >= 0.6 is 11.6 Å². The molecule has 29 heavy (non-hydrogen) atoms. The second-order valence-corrected chi connectivity index (χ2v) is 6.05. The smallest absolute Gasteiger partial charge is 0.414 e. The zero-order valence-electron chi connectivity index (χ0n) is 15.6. The molecule has 0 saturated carbocycles. The summed E-state index contributed by atoms with van der Waals surface area (Å²) in [4.78, 5) is 30.4. The van der Waals surface area contributed by atoms with Gasteiger partial charge in [0.2, 0.25) is 5.91 Å². The van der Waals surface area contributed by atoms with Crippen molar-refractivity contribution in [1.29, 1.82) is 0 Å². The van der Waals surface area contributed by atoms with Gasteiger partial charge < -0.3 is 25.6 Å². The van der Waals surface area contributed by atoms with Crippen LogP contribution in [-0.4, -0.2) is 41.2 Å². The first-order chi connectivity index (χ1) is 13.6. The molecule has 0 aliphatic carbocycles. The number of rotatable bonds is 6. The summed E-state index contributed by atoms with van der Waals surface area (Å²) in [5.41, 5.74) is 1.33. The third kappa shape index (κ3) is 8.16. The first-order valence-electron chi connectivity index (χ1n) is 8.23. The summed E-state index contributed by atoms with van der Waals surface area (Å²) >= 11 is 5.90. The number of hydrogen-bond donors (Lipinski definition) is 4. The lowest BCUT2D eigenvalue weighted by atomic mass is 10.2. The van der Waals surface area contributed by atoms with Gasteiger partial charge in [-0.2, -0.15) is 0 Å². The van der Waals surface area contributed by atoms with Gasteiger partial charge in [0, 0.05) is 12.1 Å². The van der Waals surface area contributed by atoms with Gasteiger partial charge in [0.15, 0.2) is 0 Å². The zero-order chi connectivity index (χ0) is 22.0. The number of carboxylic acid groups (broad SMARTS) is 2. The Kier molecular flexibility index (Phi) is 9.57. The van der Waals surface area contributed by atoms with E-state index < -0.39 is 23.8 Å². The SMILES string of the molecule is COc1ccccc1CNC(C)C(=O)Nc1ccc(F)cc1Cl.O=C(O)C(=O)O. The van der Waals surface area contributed by atoms with Crippen LogP contribution in [0.4, 0.5) is 10.1 Å². The molecule has 0 aromatic heterocycles. The predicted molar refractivity (Wildman–Crippen MR) is 105 cm³/mol. The van der Waals surface area contributed by atoms with Gasteiger partial charge in [-0.25, -0.2) is 14.0 Å². The second-order valence-electron chi connectivity index (χ2n) is 5.64. The molecule has 0 bridgehead atoms. The van der Waals surface area contributed by atoms with E-state index in [1.807, 2.05) is 24.3 Å². The van der Waals surface area contributed by atoms with Crippen LogP contribution in [0.3, 0.4) is 0 Å². The number of carbonyl (C=O) groups excluding carboxylic acids is 1. The number of nitrogens with one attached hydrogen (secondary N) is 2.